The number of carbonyl (C=O) groups excluding carboxylic acids is 1. The van der Waals surface area contributed by atoms with Crippen LogP contribution in [-0.2, 0) is 40.6 Å². The Kier molecular flexibility index (Phi) is 24.3. The lowest BCUT2D eigenvalue weighted by Crippen LogP contribution is -2.55. The van der Waals surface area contributed by atoms with Gasteiger partial charge in [0.15, 0.2) is 39.8 Å². The second-order valence-corrected chi connectivity index (χ2v) is 43.9. The summed E-state index contributed by atoms with van der Waals surface area (Å²) in [6.07, 6.45) is 3.97. The van der Waals surface area contributed by atoms with Gasteiger partial charge in [-0.3, -0.25) is 9.13 Å². The highest BCUT2D eigenvalue weighted by Gasteiger charge is 2.55. The Balaban J connectivity index is 1.07. The lowest BCUT2D eigenvalue weighted by molar-refractivity contribution is -0.0422. The van der Waals surface area contributed by atoms with Gasteiger partial charge in [-0.25, -0.2) is 24.5 Å². The molecule has 0 unspecified atom stereocenters. The average molecular weight is 1500 g/mol. The number of alkyl carbamates (subject to hydrolysis) is 1. The maximum absolute atomic E-state index is 15.2. The van der Waals surface area contributed by atoms with Gasteiger partial charge in [0.2, 0.25) is 0 Å². The van der Waals surface area contributed by atoms with Crippen LogP contribution in [0.15, 0.2) is 194 Å². The fraction of sp³-hybridized carbons (Fsp3) is 0.471. The molecule has 2 fully saturated rings. The van der Waals surface area contributed by atoms with Gasteiger partial charge in [-0.2, -0.15) is 4.98 Å². The smallest absolute Gasteiger partial charge is 0.407 e. The molecule has 0 saturated carbocycles. The number of aromatic nitrogens is 6. The molecule has 6 aromatic carbocycles. The van der Waals surface area contributed by atoms with E-state index in [0.29, 0.717) is 67.4 Å². The van der Waals surface area contributed by atoms with Crippen LogP contribution in [-0.4, -0.2) is 127 Å². The lowest BCUT2D eigenvalue weighted by atomic mass is 9.77. The van der Waals surface area contributed by atoms with Gasteiger partial charge >= 0.3 is 11.8 Å². The molecule has 9 aromatic rings. The third kappa shape index (κ3) is 17.5. The molecule has 2 aliphatic heterocycles. The summed E-state index contributed by atoms with van der Waals surface area (Å²) in [6.45, 7) is 40.4. The molecular formula is C87H116N10O9Si2. The van der Waals surface area contributed by atoms with Crippen LogP contribution < -0.4 is 31.1 Å². The van der Waals surface area contributed by atoms with Crippen molar-refractivity contribution in [3.05, 3.63) is 238 Å². The van der Waals surface area contributed by atoms with E-state index in [4.69, 9.17) is 52.5 Å². The number of carbonyl (C=O) groups is 1. The number of imidazole rings is 1. The van der Waals surface area contributed by atoms with E-state index >= 15 is 4.79 Å². The number of rotatable bonds is 28. The first-order valence-corrected chi connectivity index (χ1v) is 44.2. The minimum absolute atomic E-state index is 0.0286. The van der Waals surface area contributed by atoms with Gasteiger partial charge in [0.25, 0.3) is 0 Å². The molecule has 0 radical (unpaired) electrons. The fourth-order valence-corrected chi connectivity index (χ4v) is 17.2. The SMILES string of the molecule is CC[C@H]1O[C@@H](n2cc(CCN(CC[C@H](NC(=O)OC(C)(C)C)C(C)(C)C)C[C@H]3O[C@@H](n4cnc5c(NC(c6ccccc6)(c6ccccc6)c6ccc(OC)cc6)ncnc54)[C@H](O[Si](C)(C)C(C)(C)C)[C@@H]3O[Si](C)(C)C(C)(C)C)c(NC(c3ccccc3)(c3ccccc3)c3ccc(OC)cc3)nc2=O)C[C@@H]1C. The van der Waals surface area contributed by atoms with Crippen molar-refractivity contribution in [2.75, 3.05) is 44.5 Å². The second kappa shape index (κ2) is 32.6. The lowest BCUT2D eigenvalue weighted by Gasteiger charge is -2.44. The van der Waals surface area contributed by atoms with Crippen molar-refractivity contribution < 1.29 is 37.3 Å². The first-order chi connectivity index (χ1) is 51.1. The molecule has 576 valence electrons. The Hall–Kier alpha value is -8.55. The van der Waals surface area contributed by atoms with Crippen molar-refractivity contribution >= 4 is 45.5 Å². The molecule has 108 heavy (non-hydrogen) atoms. The molecule has 3 N–H and O–H groups in total. The van der Waals surface area contributed by atoms with Crippen molar-refractivity contribution in [2.24, 2.45) is 11.3 Å². The van der Waals surface area contributed by atoms with Crippen molar-refractivity contribution in [1.29, 1.82) is 0 Å². The summed E-state index contributed by atoms with van der Waals surface area (Å²) >= 11 is 0. The van der Waals surface area contributed by atoms with Crippen molar-refractivity contribution in [1.82, 2.24) is 39.3 Å². The number of nitrogens with one attached hydrogen (secondary N) is 3. The summed E-state index contributed by atoms with van der Waals surface area (Å²) in [5, 5.41) is 10.9. The van der Waals surface area contributed by atoms with Crippen molar-refractivity contribution in [3.63, 3.8) is 0 Å². The number of ether oxygens (including phenoxy) is 5. The van der Waals surface area contributed by atoms with Gasteiger partial charge in [0, 0.05) is 37.4 Å². The Morgan fingerprint density at radius 2 is 1.06 bits per heavy atom. The minimum Gasteiger partial charge on any atom is -0.497 e. The van der Waals surface area contributed by atoms with Gasteiger partial charge < -0.3 is 53.4 Å². The third-order valence-electron chi connectivity index (χ3n) is 22.8. The van der Waals surface area contributed by atoms with Crippen LogP contribution >= 0.6 is 0 Å². The predicted molar refractivity (Wildman–Crippen MR) is 436 cm³/mol. The Morgan fingerprint density at radius 3 is 1.51 bits per heavy atom. The monoisotopic (exact) mass is 1500 g/mol. The molecule has 1 amide bonds. The standard InChI is InChI=1S/C87H116N10O9Si2/c1-21-69-59(2)54-72(102-69)96-55-60(76(92-80(96)98)93-86(61-34-26-22-27-35-61,62-36-28-23-29-37-62)65-42-46-67(100-15)47-43-65)50-52-95(53-51-71(82(3,4)5)91-81(99)104-83(6,7)8)56-70-74(105-107(17,18)84(9,10)11)75(106-108(19,20)85(12,13)14)79(103-70)97-58-90-73-77(88-57-89-78(73)97)94-87(63-38-30-24-31-39-63,64-40-32-25-33-41-64)66-44-48-68(101-16)49-45-66/h22-49,55,57-59,69-72,74-75,79H,21,50-54,56H2,1-20H3,(H,91,99)(H,88,89,94)(H,92,93,98)/t59-,69+,70+,71-,72+,74+,75+,79+/m0/s1. The summed E-state index contributed by atoms with van der Waals surface area (Å²) in [4.78, 5) is 52.3. The van der Waals surface area contributed by atoms with Gasteiger partial charge in [0.05, 0.1) is 26.7 Å². The number of amides is 1. The Bertz CT molecular complexity index is 4420. The zero-order valence-corrected chi connectivity index (χ0v) is 69.3. The van der Waals surface area contributed by atoms with Crippen molar-refractivity contribution in [2.45, 2.75) is 218 Å². The third-order valence-corrected chi connectivity index (χ3v) is 31.7. The first-order valence-electron chi connectivity index (χ1n) is 38.3. The van der Waals surface area contributed by atoms with Crippen LogP contribution in [0.3, 0.4) is 0 Å². The topological polar surface area (TPSA) is 200 Å². The van der Waals surface area contributed by atoms with Crippen LogP contribution in [0.5, 0.6) is 11.5 Å². The number of anilines is 2. The predicted octanol–water partition coefficient (Wildman–Crippen LogP) is 18.1. The summed E-state index contributed by atoms with van der Waals surface area (Å²) in [5.74, 6) is 2.59. The summed E-state index contributed by atoms with van der Waals surface area (Å²) in [5.41, 5.74) is 3.93. The number of hydrogen-bond donors (Lipinski definition) is 3. The highest BCUT2D eigenvalue weighted by Crippen LogP contribution is 2.49. The number of fused-ring (bicyclic) bond motifs is 1. The second-order valence-electron chi connectivity index (χ2n) is 34.4. The van der Waals surface area contributed by atoms with Gasteiger partial charge in [-0.05, 0) is 152 Å². The van der Waals surface area contributed by atoms with E-state index in [9.17, 15) is 4.79 Å². The zero-order valence-electron chi connectivity index (χ0n) is 67.3. The molecule has 0 bridgehead atoms. The number of hydrogen-bond acceptors (Lipinski definition) is 16. The highest BCUT2D eigenvalue weighted by atomic mass is 28.4. The molecule has 0 aliphatic carbocycles. The van der Waals surface area contributed by atoms with Gasteiger partial charge in [0.1, 0.15) is 64.9 Å². The normalized spacial score (nSPS) is 19.3. The molecule has 19 nitrogen and oxygen atoms in total. The molecule has 21 heteroatoms. The van der Waals surface area contributed by atoms with E-state index in [-0.39, 0.29) is 28.1 Å². The Morgan fingerprint density at radius 1 is 0.593 bits per heavy atom. The van der Waals surface area contributed by atoms with Crippen LogP contribution in [0.4, 0.5) is 16.4 Å². The zero-order chi connectivity index (χ0) is 77.8. The van der Waals surface area contributed by atoms with E-state index in [2.05, 4.69) is 220 Å². The molecular weight excluding hydrogens is 1390 g/mol. The molecule has 0 spiro atoms. The van der Waals surface area contributed by atoms with Gasteiger partial charge in [-0.15, -0.1) is 0 Å². The van der Waals surface area contributed by atoms with E-state index in [1.54, 1.807) is 25.1 Å². The maximum atomic E-state index is 15.2. The van der Waals surface area contributed by atoms with Gasteiger partial charge in [-0.1, -0.05) is 222 Å². The number of nitrogens with zero attached hydrogens (tertiary/aromatic N) is 7. The molecule has 8 atom stereocenters. The fourth-order valence-electron chi connectivity index (χ4n) is 14.6. The van der Waals surface area contributed by atoms with Crippen molar-refractivity contribution in [3.8, 4) is 11.5 Å². The summed E-state index contributed by atoms with van der Waals surface area (Å²) in [7, 11) is -2.10. The highest BCUT2D eigenvalue weighted by molar-refractivity contribution is 6.74. The molecule has 2 saturated heterocycles. The van der Waals surface area contributed by atoms with E-state index < -0.39 is 81.3 Å². The number of methoxy groups -OCH3 is 2. The molecule has 3 aromatic heterocycles. The van der Waals surface area contributed by atoms with E-state index in [0.717, 1.165) is 51.1 Å². The minimum atomic E-state index is -2.72. The largest absolute Gasteiger partial charge is 0.497 e. The molecule has 2 aliphatic rings. The maximum Gasteiger partial charge on any atom is 0.407 e. The molecule has 5 heterocycles. The number of benzene rings is 6. The summed E-state index contributed by atoms with van der Waals surface area (Å²) in [6, 6.07) is 57.4. The Labute approximate surface area is 642 Å². The van der Waals surface area contributed by atoms with Crippen LogP contribution in [0.25, 0.3) is 11.2 Å². The van der Waals surface area contributed by atoms with E-state index in [1.165, 1.54) is 0 Å². The van der Waals surface area contributed by atoms with Crippen LogP contribution in [0.2, 0.25) is 36.3 Å². The van der Waals surface area contributed by atoms with E-state index in [1.807, 2.05) is 111 Å². The van der Waals surface area contributed by atoms with Crippen LogP contribution in [0, 0.1) is 11.3 Å². The molecule has 11 rings (SSSR count). The first kappa shape index (κ1) is 80.5. The summed E-state index contributed by atoms with van der Waals surface area (Å²) < 4.78 is 51.7. The van der Waals surface area contributed by atoms with Crippen LogP contribution in [0.1, 0.15) is 168 Å². The quantitative estimate of drug-likeness (QED) is 0.0309. The average Bonchev–Trinajstić information content (AvgIpc) is 0.918.